The molecule has 0 saturated heterocycles. The minimum Gasteiger partial charge on any atom is -0.356 e. The molecule has 5 heteroatoms. The van der Waals surface area contributed by atoms with E-state index in [1.54, 1.807) is 11.3 Å². The van der Waals surface area contributed by atoms with Crippen molar-refractivity contribution in [2.75, 3.05) is 11.9 Å². The zero-order valence-electron chi connectivity index (χ0n) is 12.1. The lowest BCUT2D eigenvalue weighted by Crippen LogP contribution is -2.33. The van der Waals surface area contributed by atoms with Gasteiger partial charge in [-0.2, -0.15) is 4.98 Å². The summed E-state index contributed by atoms with van der Waals surface area (Å²) in [6, 6.07) is 2.59. The fraction of sp³-hybridized carbons (Fsp3) is 0.571. The average Bonchev–Trinajstić information content (AvgIpc) is 2.78. The molecule has 0 spiro atoms. The molecule has 0 aromatic carbocycles. The van der Waals surface area contributed by atoms with Gasteiger partial charge >= 0.3 is 0 Å². The van der Waals surface area contributed by atoms with Gasteiger partial charge in [0.25, 0.3) is 0 Å². The van der Waals surface area contributed by atoms with E-state index in [4.69, 9.17) is 11.6 Å². The summed E-state index contributed by atoms with van der Waals surface area (Å²) in [7, 11) is 2.08. The molecule has 0 radical (unpaired) electrons. The fourth-order valence-electron chi connectivity index (χ4n) is 2.01. The summed E-state index contributed by atoms with van der Waals surface area (Å²) in [5.41, 5.74) is 0. The summed E-state index contributed by atoms with van der Waals surface area (Å²) in [5, 5.41) is 1.44. The molecule has 0 aliphatic carbocycles. The van der Waals surface area contributed by atoms with Crippen LogP contribution in [0.5, 0.6) is 0 Å². The van der Waals surface area contributed by atoms with Gasteiger partial charge in [-0.15, -0.1) is 11.3 Å². The van der Waals surface area contributed by atoms with Gasteiger partial charge in [0.2, 0.25) is 5.28 Å². The Morgan fingerprint density at radius 3 is 2.58 bits per heavy atom. The van der Waals surface area contributed by atoms with Crippen LogP contribution in [0.2, 0.25) is 5.28 Å². The van der Waals surface area contributed by atoms with Crippen molar-refractivity contribution < 1.29 is 0 Å². The van der Waals surface area contributed by atoms with Crippen molar-refractivity contribution in [2.24, 2.45) is 5.92 Å². The third-order valence-corrected chi connectivity index (χ3v) is 5.00. The van der Waals surface area contributed by atoms with Gasteiger partial charge in [-0.3, -0.25) is 0 Å². The average molecular weight is 298 g/mol. The highest BCUT2D eigenvalue weighted by Gasteiger charge is 2.19. The van der Waals surface area contributed by atoms with Crippen LogP contribution in [0.3, 0.4) is 0 Å². The Bertz CT molecular complexity index is 579. The summed E-state index contributed by atoms with van der Waals surface area (Å²) in [4.78, 5) is 13.3. The van der Waals surface area contributed by atoms with Crippen LogP contribution in [-0.4, -0.2) is 23.1 Å². The van der Waals surface area contributed by atoms with E-state index in [1.807, 2.05) is 0 Å². The molecule has 0 N–H and O–H groups in total. The first-order valence-electron chi connectivity index (χ1n) is 6.62. The van der Waals surface area contributed by atoms with Gasteiger partial charge in [0.15, 0.2) is 0 Å². The molecule has 0 bridgehead atoms. The Balaban J connectivity index is 2.55. The van der Waals surface area contributed by atoms with E-state index in [2.05, 4.69) is 55.7 Å². The zero-order chi connectivity index (χ0) is 14.2. The van der Waals surface area contributed by atoms with Gasteiger partial charge in [-0.1, -0.05) is 20.8 Å². The number of halogens is 1. The van der Waals surface area contributed by atoms with Crippen molar-refractivity contribution in [1.82, 2.24) is 9.97 Å². The van der Waals surface area contributed by atoms with Crippen LogP contribution in [0.1, 0.15) is 32.6 Å². The molecule has 3 nitrogen and oxygen atoms in total. The van der Waals surface area contributed by atoms with Crippen LogP contribution in [0.15, 0.2) is 6.07 Å². The molecule has 1 atom stereocenters. The van der Waals surface area contributed by atoms with Gasteiger partial charge in [0, 0.05) is 18.0 Å². The quantitative estimate of drug-likeness (QED) is 0.784. The molecule has 2 aromatic heterocycles. The van der Waals surface area contributed by atoms with Crippen molar-refractivity contribution in [3.8, 4) is 0 Å². The van der Waals surface area contributed by atoms with Gasteiger partial charge in [-0.25, -0.2) is 4.98 Å². The van der Waals surface area contributed by atoms with E-state index in [9.17, 15) is 0 Å². The number of anilines is 1. The lowest BCUT2D eigenvalue weighted by atomic mass is 10.1. The first-order valence-corrected chi connectivity index (χ1v) is 7.82. The standard InChI is InChI=1S/C14H20ClN3S/c1-6-10-7-11-12(18(5)9(4)8(2)3)16-14(15)17-13(11)19-10/h7-9H,6H2,1-5H3. The molecule has 0 fully saturated rings. The number of aryl methyl sites for hydroxylation is 1. The summed E-state index contributed by atoms with van der Waals surface area (Å²) >= 11 is 7.76. The lowest BCUT2D eigenvalue weighted by molar-refractivity contribution is 0.503. The topological polar surface area (TPSA) is 29.0 Å². The second-order valence-electron chi connectivity index (χ2n) is 5.20. The maximum atomic E-state index is 6.06. The Kier molecular flexibility index (Phi) is 4.31. The maximum Gasteiger partial charge on any atom is 0.225 e. The normalized spacial score (nSPS) is 13.2. The third kappa shape index (κ3) is 2.84. The summed E-state index contributed by atoms with van der Waals surface area (Å²) in [6.07, 6.45) is 1.02. The van der Waals surface area contributed by atoms with E-state index in [0.717, 1.165) is 22.5 Å². The summed E-state index contributed by atoms with van der Waals surface area (Å²) in [5.74, 6) is 1.49. The molecule has 0 aliphatic rings. The van der Waals surface area contributed by atoms with Crippen molar-refractivity contribution in [3.05, 3.63) is 16.2 Å². The monoisotopic (exact) mass is 297 g/mol. The lowest BCUT2D eigenvalue weighted by Gasteiger charge is -2.29. The molecular weight excluding hydrogens is 278 g/mol. The molecule has 2 heterocycles. The van der Waals surface area contributed by atoms with Gasteiger partial charge in [0.05, 0.1) is 5.39 Å². The molecule has 0 amide bonds. The highest BCUT2D eigenvalue weighted by atomic mass is 35.5. The van der Waals surface area contributed by atoms with E-state index in [0.29, 0.717) is 17.2 Å². The number of hydrogen-bond acceptors (Lipinski definition) is 4. The van der Waals surface area contributed by atoms with Gasteiger partial charge in [-0.05, 0) is 36.9 Å². The SMILES string of the molecule is CCc1cc2c(N(C)C(C)C(C)C)nc(Cl)nc2s1. The largest absolute Gasteiger partial charge is 0.356 e. The summed E-state index contributed by atoms with van der Waals surface area (Å²) < 4.78 is 0. The van der Waals surface area contributed by atoms with Crippen LogP contribution in [-0.2, 0) is 6.42 Å². The van der Waals surface area contributed by atoms with E-state index in [-0.39, 0.29) is 0 Å². The Hall–Kier alpha value is -0.870. The van der Waals surface area contributed by atoms with E-state index >= 15 is 0 Å². The highest BCUT2D eigenvalue weighted by Crippen LogP contribution is 2.33. The molecule has 0 aliphatic heterocycles. The van der Waals surface area contributed by atoms with Crippen LogP contribution >= 0.6 is 22.9 Å². The minimum absolute atomic E-state index is 0.329. The predicted octanol–water partition coefficient (Wildman–Crippen LogP) is 4.39. The number of rotatable bonds is 4. The van der Waals surface area contributed by atoms with Crippen molar-refractivity contribution in [1.29, 1.82) is 0 Å². The first-order chi connectivity index (χ1) is 8.93. The van der Waals surface area contributed by atoms with Crippen molar-refractivity contribution >= 4 is 39.0 Å². The van der Waals surface area contributed by atoms with Crippen molar-refractivity contribution in [2.45, 2.75) is 40.2 Å². The Morgan fingerprint density at radius 1 is 1.32 bits per heavy atom. The van der Waals surface area contributed by atoms with Crippen LogP contribution in [0.4, 0.5) is 5.82 Å². The molecule has 2 rings (SSSR count). The molecule has 19 heavy (non-hydrogen) atoms. The van der Waals surface area contributed by atoms with E-state index in [1.165, 1.54) is 4.88 Å². The number of nitrogens with zero attached hydrogens (tertiary/aromatic N) is 3. The second-order valence-corrected chi connectivity index (χ2v) is 6.65. The molecule has 0 saturated carbocycles. The highest BCUT2D eigenvalue weighted by molar-refractivity contribution is 7.18. The number of thiophene rings is 1. The Morgan fingerprint density at radius 2 is 2.00 bits per heavy atom. The molecular formula is C14H20ClN3S. The fourth-order valence-corrected chi connectivity index (χ4v) is 3.19. The van der Waals surface area contributed by atoms with Crippen LogP contribution in [0, 0.1) is 5.92 Å². The van der Waals surface area contributed by atoms with E-state index < -0.39 is 0 Å². The molecule has 1 unspecified atom stereocenters. The second kappa shape index (κ2) is 5.63. The summed E-state index contributed by atoms with van der Waals surface area (Å²) in [6.45, 7) is 8.79. The third-order valence-electron chi connectivity index (χ3n) is 3.65. The van der Waals surface area contributed by atoms with Crippen LogP contribution < -0.4 is 4.90 Å². The number of aromatic nitrogens is 2. The first kappa shape index (κ1) is 14.5. The predicted molar refractivity (Wildman–Crippen MR) is 84.5 cm³/mol. The maximum absolute atomic E-state index is 6.06. The van der Waals surface area contributed by atoms with Crippen molar-refractivity contribution in [3.63, 3.8) is 0 Å². The number of hydrogen-bond donors (Lipinski definition) is 0. The smallest absolute Gasteiger partial charge is 0.225 e. The molecule has 104 valence electrons. The zero-order valence-corrected chi connectivity index (χ0v) is 13.6. The minimum atomic E-state index is 0.329. The van der Waals surface area contributed by atoms with Crippen LogP contribution in [0.25, 0.3) is 10.2 Å². The number of fused-ring (bicyclic) bond motifs is 1. The van der Waals surface area contributed by atoms with Gasteiger partial charge in [0.1, 0.15) is 10.6 Å². The molecule has 2 aromatic rings. The Labute approximate surface area is 123 Å². The van der Waals surface area contributed by atoms with Gasteiger partial charge < -0.3 is 4.90 Å².